The van der Waals surface area contributed by atoms with Gasteiger partial charge in [0.2, 0.25) is 5.91 Å². The van der Waals surface area contributed by atoms with Gasteiger partial charge in [-0.1, -0.05) is 0 Å². The van der Waals surface area contributed by atoms with Gasteiger partial charge in [-0.2, -0.15) is 0 Å². The summed E-state index contributed by atoms with van der Waals surface area (Å²) in [5, 5.41) is 14.1. The molecule has 1 unspecified atom stereocenters. The Morgan fingerprint density at radius 1 is 1.25 bits per heavy atom. The Bertz CT molecular complexity index is 944. The molecule has 1 aliphatic rings. The lowest BCUT2D eigenvalue weighted by molar-refractivity contribution is -0.384. The number of imidazole rings is 1. The summed E-state index contributed by atoms with van der Waals surface area (Å²) in [5.41, 5.74) is -0.0165. The SMILES string of the molecule is COc1ccc(NC(=O)C(C)N2CCCN(Cc3nccn3C(C)C)CC2)c([N+](=O)[O-])c1. The fourth-order valence-corrected chi connectivity index (χ4v) is 3.97. The largest absolute Gasteiger partial charge is 0.496 e. The Morgan fingerprint density at radius 3 is 2.72 bits per heavy atom. The third-order valence-electron chi connectivity index (χ3n) is 5.88. The molecule has 32 heavy (non-hydrogen) atoms. The van der Waals surface area contributed by atoms with Crippen molar-refractivity contribution in [2.45, 2.75) is 45.8 Å². The Morgan fingerprint density at radius 2 is 2.03 bits per heavy atom. The Hall–Kier alpha value is -2.98. The molecule has 174 valence electrons. The molecule has 3 rings (SSSR count). The van der Waals surface area contributed by atoms with Gasteiger partial charge in [0.05, 0.1) is 30.7 Å². The van der Waals surface area contributed by atoms with E-state index in [1.165, 1.54) is 19.2 Å². The summed E-state index contributed by atoms with van der Waals surface area (Å²) < 4.78 is 7.23. The van der Waals surface area contributed by atoms with Crippen LogP contribution in [0.2, 0.25) is 0 Å². The number of nitro benzene ring substituents is 1. The van der Waals surface area contributed by atoms with Gasteiger partial charge >= 0.3 is 0 Å². The topological polar surface area (TPSA) is 106 Å². The first-order chi connectivity index (χ1) is 15.3. The molecule has 1 aromatic heterocycles. The monoisotopic (exact) mass is 444 g/mol. The maximum atomic E-state index is 12.9. The molecule has 0 spiro atoms. The van der Waals surface area contributed by atoms with Crippen molar-refractivity contribution < 1.29 is 14.5 Å². The van der Waals surface area contributed by atoms with Gasteiger partial charge in [-0.3, -0.25) is 24.7 Å². The molecule has 0 radical (unpaired) electrons. The van der Waals surface area contributed by atoms with Crippen molar-refractivity contribution in [3.05, 3.63) is 46.5 Å². The molecule has 2 heterocycles. The number of ether oxygens (including phenoxy) is 1. The molecule has 2 aromatic rings. The van der Waals surface area contributed by atoms with Crippen LogP contribution in [0.4, 0.5) is 11.4 Å². The van der Waals surface area contributed by atoms with Crippen molar-refractivity contribution in [1.29, 1.82) is 0 Å². The average Bonchev–Trinajstić information content (AvgIpc) is 3.11. The zero-order valence-electron chi connectivity index (χ0n) is 19.2. The molecule has 1 aromatic carbocycles. The molecule has 10 nitrogen and oxygen atoms in total. The Balaban J connectivity index is 1.61. The predicted octanol–water partition coefficient (Wildman–Crippen LogP) is 2.92. The number of benzene rings is 1. The van der Waals surface area contributed by atoms with Crippen molar-refractivity contribution >= 4 is 17.3 Å². The summed E-state index contributed by atoms with van der Waals surface area (Å²) in [6, 6.07) is 4.36. The maximum Gasteiger partial charge on any atom is 0.296 e. The van der Waals surface area contributed by atoms with E-state index in [0.29, 0.717) is 11.8 Å². The highest BCUT2D eigenvalue weighted by atomic mass is 16.6. The first-order valence-electron chi connectivity index (χ1n) is 10.9. The molecule has 1 N–H and O–H groups in total. The molecule has 0 aliphatic carbocycles. The van der Waals surface area contributed by atoms with Crippen molar-refractivity contribution in [3.63, 3.8) is 0 Å². The number of rotatable bonds is 8. The minimum atomic E-state index is -0.520. The van der Waals surface area contributed by atoms with Gasteiger partial charge in [0, 0.05) is 38.1 Å². The first-order valence-corrected chi connectivity index (χ1v) is 10.9. The van der Waals surface area contributed by atoms with Gasteiger partial charge in [-0.15, -0.1) is 0 Å². The molecule has 1 aliphatic heterocycles. The smallest absolute Gasteiger partial charge is 0.296 e. The summed E-state index contributed by atoms with van der Waals surface area (Å²) in [6.45, 7) is 10.2. The van der Waals surface area contributed by atoms with Gasteiger partial charge in [0.15, 0.2) is 0 Å². The second-order valence-electron chi connectivity index (χ2n) is 8.32. The fourth-order valence-electron chi connectivity index (χ4n) is 3.97. The Labute approximate surface area is 188 Å². The lowest BCUT2D eigenvalue weighted by Crippen LogP contribution is -2.44. The summed E-state index contributed by atoms with van der Waals surface area (Å²) in [4.78, 5) is 32.7. The van der Waals surface area contributed by atoms with E-state index in [2.05, 4.69) is 38.5 Å². The minimum absolute atomic E-state index is 0.171. The van der Waals surface area contributed by atoms with Crippen molar-refractivity contribution in [3.8, 4) is 5.75 Å². The van der Waals surface area contributed by atoms with Crippen LogP contribution in [0.15, 0.2) is 30.6 Å². The van der Waals surface area contributed by atoms with E-state index in [4.69, 9.17) is 4.74 Å². The highest BCUT2D eigenvalue weighted by Gasteiger charge is 2.26. The second kappa shape index (κ2) is 10.6. The van der Waals surface area contributed by atoms with Crippen molar-refractivity contribution in [2.24, 2.45) is 0 Å². The summed E-state index contributed by atoms with van der Waals surface area (Å²) in [5.74, 6) is 1.15. The highest BCUT2D eigenvalue weighted by Crippen LogP contribution is 2.29. The molecule has 1 amide bonds. The molecule has 0 saturated carbocycles. The predicted molar refractivity (Wildman–Crippen MR) is 122 cm³/mol. The number of carbonyl (C=O) groups is 1. The fraction of sp³-hybridized carbons (Fsp3) is 0.545. The van der Waals surface area contributed by atoms with Crippen LogP contribution in [0.5, 0.6) is 5.75 Å². The lowest BCUT2D eigenvalue weighted by atomic mass is 10.2. The number of hydrogen-bond donors (Lipinski definition) is 1. The van der Waals surface area contributed by atoms with Gasteiger partial charge in [0.1, 0.15) is 17.3 Å². The standard InChI is InChI=1S/C22H32N6O4/c1-16(2)27-11-8-23-21(27)15-25-9-5-10-26(13-12-25)17(3)22(29)24-19-7-6-18(32-4)14-20(19)28(30)31/h6-8,11,14,16-17H,5,9-10,12-13,15H2,1-4H3,(H,24,29). The molecular formula is C22H32N6O4. The van der Waals surface area contributed by atoms with E-state index >= 15 is 0 Å². The Kier molecular flexibility index (Phi) is 7.81. The number of nitro groups is 1. The number of aromatic nitrogens is 2. The zero-order chi connectivity index (χ0) is 23.3. The third-order valence-corrected chi connectivity index (χ3v) is 5.88. The van der Waals surface area contributed by atoms with Crippen LogP contribution < -0.4 is 10.1 Å². The van der Waals surface area contributed by atoms with Crippen LogP contribution >= 0.6 is 0 Å². The molecule has 1 saturated heterocycles. The second-order valence-corrected chi connectivity index (χ2v) is 8.32. The van der Waals surface area contributed by atoms with Crippen LogP contribution in [-0.4, -0.2) is 69.5 Å². The van der Waals surface area contributed by atoms with Crippen LogP contribution in [0, 0.1) is 10.1 Å². The van der Waals surface area contributed by atoms with Crippen molar-refractivity contribution in [2.75, 3.05) is 38.6 Å². The van der Waals surface area contributed by atoms with Crippen LogP contribution in [0.25, 0.3) is 0 Å². The number of amides is 1. The van der Waals surface area contributed by atoms with Gasteiger partial charge in [-0.05, 0) is 45.9 Å². The van der Waals surface area contributed by atoms with E-state index in [-0.39, 0.29) is 17.3 Å². The van der Waals surface area contributed by atoms with E-state index in [0.717, 1.165) is 45.0 Å². The van der Waals surface area contributed by atoms with E-state index < -0.39 is 11.0 Å². The summed E-state index contributed by atoms with van der Waals surface area (Å²) >= 11 is 0. The average molecular weight is 445 g/mol. The third kappa shape index (κ3) is 5.63. The molecule has 10 heteroatoms. The maximum absolute atomic E-state index is 12.9. The summed E-state index contributed by atoms with van der Waals surface area (Å²) in [6.07, 6.45) is 4.78. The first kappa shape index (κ1) is 23.7. The van der Waals surface area contributed by atoms with E-state index in [1.807, 2.05) is 19.3 Å². The number of carbonyl (C=O) groups excluding carboxylic acids is 1. The molecule has 1 fully saturated rings. The van der Waals surface area contributed by atoms with Crippen molar-refractivity contribution in [1.82, 2.24) is 19.4 Å². The normalized spacial score (nSPS) is 16.5. The van der Waals surface area contributed by atoms with Crippen LogP contribution in [-0.2, 0) is 11.3 Å². The number of nitrogens with zero attached hydrogens (tertiary/aromatic N) is 5. The van der Waals surface area contributed by atoms with Gasteiger partial charge in [0.25, 0.3) is 5.69 Å². The highest BCUT2D eigenvalue weighted by molar-refractivity contribution is 5.96. The number of nitrogens with one attached hydrogen (secondary N) is 1. The number of hydrogen-bond acceptors (Lipinski definition) is 7. The minimum Gasteiger partial charge on any atom is -0.496 e. The number of anilines is 1. The van der Waals surface area contributed by atoms with Crippen LogP contribution in [0.3, 0.4) is 0 Å². The lowest BCUT2D eigenvalue weighted by Gasteiger charge is -2.27. The quantitative estimate of drug-likeness (QED) is 0.493. The molecular weight excluding hydrogens is 412 g/mol. The van der Waals surface area contributed by atoms with E-state index in [1.54, 1.807) is 6.07 Å². The number of methoxy groups -OCH3 is 1. The molecule has 0 bridgehead atoms. The summed E-state index contributed by atoms with van der Waals surface area (Å²) in [7, 11) is 1.44. The van der Waals surface area contributed by atoms with Gasteiger partial charge in [-0.25, -0.2) is 4.98 Å². The van der Waals surface area contributed by atoms with Crippen LogP contribution in [0.1, 0.15) is 39.1 Å². The van der Waals surface area contributed by atoms with E-state index in [9.17, 15) is 14.9 Å². The zero-order valence-corrected chi connectivity index (χ0v) is 19.2. The van der Waals surface area contributed by atoms with Gasteiger partial charge < -0.3 is 14.6 Å². The molecule has 1 atom stereocenters.